The molecule has 0 spiro atoms. The minimum absolute atomic E-state index is 0.661. The van der Waals surface area contributed by atoms with Gasteiger partial charge in [-0.1, -0.05) is 0 Å². The van der Waals surface area contributed by atoms with E-state index in [9.17, 15) is 0 Å². The second-order valence-corrected chi connectivity index (χ2v) is 5.45. The Kier molecular flexibility index (Phi) is 1.64. The summed E-state index contributed by atoms with van der Waals surface area (Å²) in [6.07, 6.45) is 7.56. The summed E-state index contributed by atoms with van der Waals surface area (Å²) in [7, 11) is 0. The lowest BCUT2D eigenvalue weighted by Crippen LogP contribution is -1.96. The lowest BCUT2D eigenvalue weighted by atomic mass is 10.2. The number of pyridine rings is 1. The van der Waals surface area contributed by atoms with E-state index in [1.165, 1.54) is 24.0 Å². The van der Waals surface area contributed by atoms with Gasteiger partial charge in [0.2, 0.25) is 0 Å². The average molecular weight is 276 g/mol. The molecule has 0 atom stereocenters. The first-order valence-corrected chi connectivity index (χ1v) is 6.33. The van der Waals surface area contributed by atoms with Gasteiger partial charge >= 0.3 is 0 Å². The van der Waals surface area contributed by atoms with E-state index >= 15 is 0 Å². The summed E-state index contributed by atoms with van der Waals surface area (Å²) in [6.45, 7) is 0. The molecule has 2 aromatic rings. The molecular formula is C12H10BrN3. The molecule has 1 fully saturated rings. The van der Waals surface area contributed by atoms with Crippen LogP contribution in [0.3, 0.4) is 0 Å². The van der Waals surface area contributed by atoms with Crippen molar-refractivity contribution in [2.75, 3.05) is 0 Å². The van der Waals surface area contributed by atoms with E-state index in [0.29, 0.717) is 6.04 Å². The zero-order chi connectivity index (χ0) is 10.7. The summed E-state index contributed by atoms with van der Waals surface area (Å²) in [5.41, 5.74) is 4.82. The van der Waals surface area contributed by atoms with Gasteiger partial charge in [-0.05, 0) is 34.8 Å². The van der Waals surface area contributed by atoms with Gasteiger partial charge in [-0.2, -0.15) is 5.10 Å². The Hall–Kier alpha value is -1.16. The normalized spacial score (nSPS) is 17.3. The van der Waals surface area contributed by atoms with Gasteiger partial charge in [0.15, 0.2) is 0 Å². The molecule has 1 saturated carbocycles. The third kappa shape index (κ3) is 1.19. The Labute approximate surface area is 102 Å². The molecule has 2 aliphatic rings. The third-order valence-corrected chi connectivity index (χ3v) is 3.71. The number of halogens is 1. The fourth-order valence-corrected chi connectivity index (χ4v) is 2.64. The fourth-order valence-electron chi connectivity index (χ4n) is 2.31. The summed E-state index contributed by atoms with van der Waals surface area (Å²) in [5, 5.41) is 4.69. The van der Waals surface area contributed by atoms with Crippen molar-refractivity contribution in [2.24, 2.45) is 0 Å². The minimum atomic E-state index is 0.661. The number of hydrogen-bond donors (Lipinski definition) is 0. The molecule has 4 rings (SSSR count). The summed E-state index contributed by atoms with van der Waals surface area (Å²) in [5.74, 6) is 0. The maximum absolute atomic E-state index is 4.69. The molecule has 2 aliphatic carbocycles. The van der Waals surface area contributed by atoms with E-state index in [1.807, 2.05) is 6.20 Å². The average Bonchev–Trinajstić information content (AvgIpc) is 2.95. The third-order valence-electron chi connectivity index (χ3n) is 3.28. The highest BCUT2D eigenvalue weighted by Crippen LogP contribution is 2.40. The van der Waals surface area contributed by atoms with Crippen LogP contribution in [0.25, 0.3) is 11.3 Å². The molecule has 0 aliphatic heterocycles. The van der Waals surface area contributed by atoms with Gasteiger partial charge < -0.3 is 0 Å². The van der Waals surface area contributed by atoms with Gasteiger partial charge in [0.1, 0.15) is 0 Å². The van der Waals surface area contributed by atoms with Gasteiger partial charge in [0.05, 0.1) is 17.4 Å². The maximum Gasteiger partial charge on any atom is 0.0978 e. The van der Waals surface area contributed by atoms with Crippen molar-refractivity contribution in [3.8, 4) is 11.3 Å². The predicted octanol–water partition coefficient (Wildman–Crippen LogP) is 2.95. The SMILES string of the molecule is Brc1cnc2c(c1)-c1nn(C3CC3)cc1C2. The summed E-state index contributed by atoms with van der Waals surface area (Å²) >= 11 is 3.47. The molecule has 16 heavy (non-hydrogen) atoms. The fraction of sp³-hybridized carbons (Fsp3) is 0.333. The lowest BCUT2D eigenvalue weighted by Gasteiger charge is -2.00. The molecule has 0 bridgehead atoms. The minimum Gasteiger partial charge on any atom is -0.269 e. The van der Waals surface area contributed by atoms with E-state index in [0.717, 1.165) is 22.3 Å². The Morgan fingerprint density at radius 2 is 2.25 bits per heavy atom. The number of nitrogens with zero attached hydrogens (tertiary/aromatic N) is 3. The molecule has 0 saturated heterocycles. The van der Waals surface area contributed by atoms with Crippen LogP contribution in [-0.2, 0) is 6.42 Å². The number of rotatable bonds is 1. The first kappa shape index (κ1) is 8.93. The molecule has 0 radical (unpaired) electrons. The van der Waals surface area contributed by atoms with Crippen molar-refractivity contribution in [3.05, 3.63) is 34.2 Å². The van der Waals surface area contributed by atoms with Crippen LogP contribution >= 0.6 is 15.9 Å². The quantitative estimate of drug-likeness (QED) is 0.684. The zero-order valence-electron chi connectivity index (χ0n) is 8.65. The van der Waals surface area contributed by atoms with E-state index in [4.69, 9.17) is 5.10 Å². The lowest BCUT2D eigenvalue weighted by molar-refractivity contribution is 0.642. The van der Waals surface area contributed by atoms with Gasteiger partial charge in [-0.25, -0.2) is 0 Å². The Balaban J connectivity index is 1.88. The predicted molar refractivity (Wildman–Crippen MR) is 64.2 cm³/mol. The zero-order valence-corrected chi connectivity index (χ0v) is 10.2. The molecule has 3 nitrogen and oxygen atoms in total. The van der Waals surface area contributed by atoms with E-state index in [-0.39, 0.29) is 0 Å². The molecule has 0 unspecified atom stereocenters. The first-order valence-electron chi connectivity index (χ1n) is 5.54. The van der Waals surface area contributed by atoms with E-state index in [2.05, 4.69) is 37.9 Å². The molecule has 2 aromatic heterocycles. The number of aromatic nitrogens is 3. The van der Waals surface area contributed by atoms with Crippen molar-refractivity contribution >= 4 is 15.9 Å². The molecule has 0 aromatic carbocycles. The highest BCUT2D eigenvalue weighted by molar-refractivity contribution is 9.10. The van der Waals surface area contributed by atoms with Crippen LogP contribution in [0.5, 0.6) is 0 Å². The molecule has 0 N–H and O–H groups in total. The Morgan fingerprint density at radius 3 is 3.06 bits per heavy atom. The van der Waals surface area contributed by atoms with Crippen molar-refractivity contribution in [1.29, 1.82) is 0 Å². The molecule has 80 valence electrons. The van der Waals surface area contributed by atoms with Crippen LogP contribution in [0.1, 0.15) is 30.1 Å². The molecule has 2 heterocycles. The highest BCUT2D eigenvalue weighted by Gasteiger charge is 2.29. The second-order valence-electron chi connectivity index (χ2n) is 4.54. The smallest absolute Gasteiger partial charge is 0.0978 e. The summed E-state index contributed by atoms with van der Waals surface area (Å²) < 4.78 is 3.16. The van der Waals surface area contributed by atoms with Crippen LogP contribution in [0.15, 0.2) is 22.9 Å². The van der Waals surface area contributed by atoms with Gasteiger partial charge in [0, 0.05) is 34.4 Å². The van der Waals surface area contributed by atoms with Crippen LogP contribution in [0.4, 0.5) is 0 Å². The largest absolute Gasteiger partial charge is 0.269 e. The summed E-state index contributed by atoms with van der Waals surface area (Å²) in [4.78, 5) is 4.44. The van der Waals surface area contributed by atoms with E-state index in [1.54, 1.807) is 0 Å². The molecule has 0 amide bonds. The van der Waals surface area contributed by atoms with Gasteiger partial charge in [-0.15, -0.1) is 0 Å². The first-order chi connectivity index (χ1) is 7.81. The summed E-state index contributed by atoms with van der Waals surface area (Å²) in [6, 6.07) is 2.78. The number of fused-ring (bicyclic) bond motifs is 3. The monoisotopic (exact) mass is 275 g/mol. The Bertz CT molecular complexity index is 584. The number of hydrogen-bond acceptors (Lipinski definition) is 2. The second kappa shape index (κ2) is 2.94. The van der Waals surface area contributed by atoms with Crippen LogP contribution in [0.2, 0.25) is 0 Å². The topological polar surface area (TPSA) is 30.7 Å². The molecular weight excluding hydrogens is 266 g/mol. The van der Waals surface area contributed by atoms with Crippen LogP contribution < -0.4 is 0 Å². The van der Waals surface area contributed by atoms with E-state index < -0.39 is 0 Å². The van der Waals surface area contributed by atoms with Crippen molar-refractivity contribution in [3.63, 3.8) is 0 Å². The van der Waals surface area contributed by atoms with Gasteiger partial charge in [0.25, 0.3) is 0 Å². The van der Waals surface area contributed by atoms with Crippen molar-refractivity contribution in [2.45, 2.75) is 25.3 Å². The Morgan fingerprint density at radius 1 is 1.38 bits per heavy atom. The van der Waals surface area contributed by atoms with Crippen molar-refractivity contribution < 1.29 is 0 Å². The van der Waals surface area contributed by atoms with Gasteiger partial charge in [-0.3, -0.25) is 9.67 Å². The maximum atomic E-state index is 4.69. The highest BCUT2D eigenvalue weighted by atomic mass is 79.9. The standard InChI is InChI=1S/C12H10BrN3/c13-8-4-10-11(14-5-8)3-7-6-16(9-1-2-9)15-12(7)10/h4-6,9H,1-3H2. The van der Waals surface area contributed by atoms with Crippen LogP contribution in [-0.4, -0.2) is 14.8 Å². The van der Waals surface area contributed by atoms with Crippen molar-refractivity contribution in [1.82, 2.24) is 14.8 Å². The molecule has 4 heteroatoms. The van der Waals surface area contributed by atoms with Crippen LogP contribution in [0, 0.1) is 0 Å².